The van der Waals surface area contributed by atoms with Gasteiger partial charge in [0.2, 0.25) is 11.6 Å². The van der Waals surface area contributed by atoms with Crippen LogP contribution < -0.4 is 14.2 Å². The summed E-state index contributed by atoms with van der Waals surface area (Å²) in [5, 5.41) is 0. The molecule has 0 N–H and O–H groups in total. The SMILES string of the molecule is COc1cc(/C=C2N=C(/C=C/c3ccc(C)cc3)OC/2=O)cc(OC)c1OC. The lowest BCUT2D eigenvalue weighted by Gasteiger charge is -2.12. The van der Waals surface area contributed by atoms with Crippen LogP contribution in [0.2, 0.25) is 0 Å². The molecule has 0 bridgehead atoms. The molecule has 0 saturated carbocycles. The van der Waals surface area contributed by atoms with Gasteiger partial charge in [-0.15, -0.1) is 0 Å². The Labute approximate surface area is 163 Å². The first kappa shape index (κ1) is 19.2. The Balaban J connectivity index is 1.87. The van der Waals surface area contributed by atoms with Gasteiger partial charge in [0.25, 0.3) is 0 Å². The van der Waals surface area contributed by atoms with Crippen molar-refractivity contribution in [3.8, 4) is 17.2 Å². The number of methoxy groups -OCH3 is 3. The highest BCUT2D eigenvalue weighted by Gasteiger charge is 2.22. The largest absolute Gasteiger partial charge is 0.493 e. The Hall–Kier alpha value is -3.54. The van der Waals surface area contributed by atoms with Crippen molar-refractivity contribution in [2.24, 2.45) is 4.99 Å². The second kappa shape index (κ2) is 8.43. The van der Waals surface area contributed by atoms with Crippen LogP contribution in [0.3, 0.4) is 0 Å². The van der Waals surface area contributed by atoms with Crippen molar-refractivity contribution in [3.05, 3.63) is 64.9 Å². The number of carbonyl (C=O) groups is 1. The van der Waals surface area contributed by atoms with Gasteiger partial charge in [0.1, 0.15) is 0 Å². The lowest BCUT2D eigenvalue weighted by molar-refractivity contribution is -0.129. The monoisotopic (exact) mass is 379 g/mol. The second-order valence-corrected chi connectivity index (χ2v) is 6.07. The number of cyclic esters (lactones) is 1. The van der Waals surface area contributed by atoms with Crippen LogP contribution in [-0.4, -0.2) is 33.2 Å². The third kappa shape index (κ3) is 4.23. The highest BCUT2D eigenvalue weighted by molar-refractivity contribution is 6.11. The number of hydrogen-bond donors (Lipinski definition) is 0. The summed E-state index contributed by atoms with van der Waals surface area (Å²) in [7, 11) is 4.60. The lowest BCUT2D eigenvalue weighted by atomic mass is 10.1. The molecule has 3 rings (SSSR count). The summed E-state index contributed by atoms with van der Waals surface area (Å²) >= 11 is 0. The van der Waals surface area contributed by atoms with E-state index >= 15 is 0 Å². The number of ether oxygens (including phenoxy) is 4. The molecule has 0 fully saturated rings. The Morgan fingerprint density at radius 3 is 2.11 bits per heavy atom. The number of benzene rings is 2. The summed E-state index contributed by atoms with van der Waals surface area (Å²) in [6.45, 7) is 2.02. The molecule has 1 aliphatic rings. The van der Waals surface area contributed by atoms with Crippen LogP contribution in [0.25, 0.3) is 12.2 Å². The van der Waals surface area contributed by atoms with E-state index in [0.29, 0.717) is 22.8 Å². The first-order valence-electron chi connectivity index (χ1n) is 8.61. The van der Waals surface area contributed by atoms with Crippen LogP contribution in [0, 0.1) is 6.92 Å². The number of rotatable bonds is 6. The highest BCUT2D eigenvalue weighted by Crippen LogP contribution is 2.38. The molecule has 2 aromatic rings. The minimum absolute atomic E-state index is 0.192. The molecule has 0 spiro atoms. The van der Waals surface area contributed by atoms with Gasteiger partial charge in [0, 0.05) is 6.08 Å². The molecule has 0 amide bonds. The summed E-state index contributed by atoms with van der Waals surface area (Å²) in [4.78, 5) is 16.4. The first-order chi connectivity index (χ1) is 13.5. The van der Waals surface area contributed by atoms with E-state index in [-0.39, 0.29) is 11.6 Å². The molecule has 6 heteroatoms. The molecule has 0 aromatic heterocycles. The molecule has 0 aliphatic carbocycles. The first-order valence-corrected chi connectivity index (χ1v) is 8.61. The predicted octanol–water partition coefficient (Wildman–Crippen LogP) is 4.03. The molecular formula is C22H21NO5. The number of nitrogens with zero attached hydrogens (tertiary/aromatic N) is 1. The smallest absolute Gasteiger partial charge is 0.363 e. The Morgan fingerprint density at radius 1 is 0.893 bits per heavy atom. The summed E-state index contributed by atoms with van der Waals surface area (Å²) < 4.78 is 21.2. The lowest BCUT2D eigenvalue weighted by Crippen LogP contribution is -2.01. The maximum Gasteiger partial charge on any atom is 0.363 e. The summed E-state index contributed by atoms with van der Waals surface area (Å²) in [5.41, 5.74) is 3.04. The van der Waals surface area contributed by atoms with Crippen molar-refractivity contribution in [3.63, 3.8) is 0 Å². The van der Waals surface area contributed by atoms with E-state index in [1.807, 2.05) is 37.3 Å². The van der Waals surface area contributed by atoms with E-state index in [4.69, 9.17) is 18.9 Å². The summed E-state index contributed by atoms with van der Waals surface area (Å²) in [6.07, 6.45) is 5.12. The van der Waals surface area contributed by atoms with E-state index in [0.717, 1.165) is 5.56 Å². The third-order valence-corrected chi connectivity index (χ3v) is 4.12. The van der Waals surface area contributed by atoms with Crippen LogP contribution >= 0.6 is 0 Å². The van der Waals surface area contributed by atoms with Gasteiger partial charge in [0.05, 0.1) is 21.3 Å². The summed E-state index contributed by atoms with van der Waals surface area (Å²) in [5.74, 6) is 1.18. The van der Waals surface area contributed by atoms with Crippen molar-refractivity contribution in [1.82, 2.24) is 0 Å². The van der Waals surface area contributed by atoms with Gasteiger partial charge in [0.15, 0.2) is 17.2 Å². The molecule has 0 radical (unpaired) electrons. The van der Waals surface area contributed by atoms with E-state index in [2.05, 4.69) is 4.99 Å². The highest BCUT2D eigenvalue weighted by atomic mass is 16.6. The minimum Gasteiger partial charge on any atom is -0.493 e. The Kier molecular flexibility index (Phi) is 5.79. The van der Waals surface area contributed by atoms with Gasteiger partial charge < -0.3 is 18.9 Å². The quantitative estimate of drug-likeness (QED) is 0.560. The molecule has 6 nitrogen and oxygen atoms in total. The zero-order valence-corrected chi connectivity index (χ0v) is 16.2. The van der Waals surface area contributed by atoms with Gasteiger partial charge >= 0.3 is 5.97 Å². The molecule has 1 heterocycles. The van der Waals surface area contributed by atoms with Crippen LogP contribution in [0.1, 0.15) is 16.7 Å². The topological polar surface area (TPSA) is 66.4 Å². The van der Waals surface area contributed by atoms with Crippen LogP contribution in [-0.2, 0) is 9.53 Å². The number of hydrogen-bond acceptors (Lipinski definition) is 6. The minimum atomic E-state index is -0.516. The van der Waals surface area contributed by atoms with Crippen molar-refractivity contribution in [1.29, 1.82) is 0 Å². The molecule has 2 aromatic carbocycles. The zero-order chi connectivity index (χ0) is 20.1. The van der Waals surface area contributed by atoms with Crippen molar-refractivity contribution < 1.29 is 23.7 Å². The van der Waals surface area contributed by atoms with Crippen LogP contribution in [0.5, 0.6) is 17.2 Å². The second-order valence-electron chi connectivity index (χ2n) is 6.07. The molecular weight excluding hydrogens is 358 g/mol. The Morgan fingerprint density at radius 2 is 1.54 bits per heavy atom. The Bertz CT molecular complexity index is 946. The van der Waals surface area contributed by atoms with Crippen molar-refractivity contribution in [2.75, 3.05) is 21.3 Å². The number of esters is 1. The molecule has 0 unspecified atom stereocenters. The van der Waals surface area contributed by atoms with Crippen LogP contribution in [0.4, 0.5) is 0 Å². The molecule has 0 atom stereocenters. The van der Waals surface area contributed by atoms with Gasteiger partial charge in [-0.05, 0) is 42.3 Å². The van der Waals surface area contributed by atoms with E-state index in [9.17, 15) is 4.79 Å². The molecule has 144 valence electrons. The average Bonchev–Trinajstić information content (AvgIpc) is 3.05. The maximum absolute atomic E-state index is 12.2. The molecule has 0 saturated heterocycles. The number of aryl methyl sites for hydroxylation is 1. The molecule has 1 aliphatic heterocycles. The van der Waals surface area contributed by atoms with Gasteiger partial charge in [-0.3, -0.25) is 0 Å². The fraction of sp³-hybridized carbons (Fsp3) is 0.182. The maximum atomic E-state index is 12.2. The molecule has 28 heavy (non-hydrogen) atoms. The van der Waals surface area contributed by atoms with Crippen molar-refractivity contribution in [2.45, 2.75) is 6.92 Å². The average molecular weight is 379 g/mol. The van der Waals surface area contributed by atoms with Gasteiger partial charge in [-0.1, -0.05) is 29.8 Å². The zero-order valence-electron chi connectivity index (χ0n) is 16.2. The number of aliphatic imine (C=N–C) groups is 1. The predicted molar refractivity (Wildman–Crippen MR) is 108 cm³/mol. The van der Waals surface area contributed by atoms with Crippen molar-refractivity contribution >= 4 is 24.0 Å². The van der Waals surface area contributed by atoms with Crippen LogP contribution in [0.15, 0.2) is 53.2 Å². The fourth-order valence-corrected chi connectivity index (χ4v) is 2.68. The van der Waals surface area contributed by atoms with E-state index in [1.165, 1.54) is 26.9 Å². The van der Waals surface area contributed by atoms with Gasteiger partial charge in [-0.2, -0.15) is 0 Å². The third-order valence-electron chi connectivity index (χ3n) is 4.12. The fourth-order valence-electron chi connectivity index (χ4n) is 2.68. The standard InChI is InChI=1S/C22H21NO5/c1-14-5-7-15(8-6-14)9-10-20-23-17(22(24)28-20)11-16-12-18(25-2)21(27-4)19(13-16)26-3/h5-13H,1-4H3/b10-9+,17-11+. The van der Waals surface area contributed by atoms with Gasteiger partial charge in [-0.25, -0.2) is 9.79 Å². The normalized spacial score (nSPS) is 14.9. The van der Waals surface area contributed by atoms with E-state index < -0.39 is 5.97 Å². The number of carbonyl (C=O) groups excluding carboxylic acids is 1. The van der Waals surface area contributed by atoms with E-state index in [1.54, 1.807) is 24.3 Å². The summed E-state index contributed by atoms with van der Waals surface area (Å²) in [6, 6.07) is 11.5.